The lowest BCUT2D eigenvalue weighted by molar-refractivity contribution is 0.287. The fourth-order valence-electron chi connectivity index (χ4n) is 1.87. The summed E-state index contributed by atoms with van der Waals surface area (Å²) in [4.78, 5) is 0. The highest BCUT2D eigenvalue weighted by Crippen LogP contribution is 2.31. The highest BCUT2D eigenvalue weighted by Gasteiger charge is 2.13. The van der Waals surface area contributed by atoms with E-state index in [-0.39, 0.29) is 6.04 Å². The molecule has 3 N–H and O–H groups in total. The van der Waals surface area contributed by atoms with Crippen molar-refractivity contribution in [1.82, 2.24) is 5.43 Å². The van der Waals surface area contributed by atoms with E-state index >= 15 is 0 Å². The zero-order valence-electron chi connectivity index (χ0n) is 12.6. The second-order valence-corrected chi connectivity index (χ2v) is 5.52. The Morgan fingerprint density at radius 1 is 1.15 bits per heavy atom. The number of hydrogen-bond donors (Lipinski definition) is 2. The predicted molar refractivity (Wildman–Crippen MR) is 86.5 cm³/mol. The first-order chi connectivity index (χ1) is 9.76. The lowest BCUT2D eigenvalue weighted by Crippen LogP contribution is -2.29. The number of benzene rings is 1. The second kappa shape index (κ2) is 9.91. The van der Waals surface area contributed by atoms with Crippen molar-refractivity contribution in [3.05, 3.63) is 23.8 Å². The summed E-state index contributed by atoms with van der Waals surface area (Å²) >= 11 is 1.90. The third-order valence-corrected chi connectivity index (χ3v) is 4.07. The summed E-state index contributed by atoms with van der Waals surface area (Å²) in [7, 11) is 0. The Labute approximate surface area is 126 Å². The van der Waals surface area contributed by atoms with Gasteiger partial charge in [-0.3, -0.25) is 11.3 Å². The first-order valence-corrected chi connectivity index (χ1v) is 8.35. The molecular weight excluding hydrogens is 272 g/mol. The van der Waals surface area contributed by atoms with Gasteiger partial charge in [-0.25, -0.2) is 0 Å². The molecule has 0 fully saturated rings. The molecule has 20 heavy (non-hydrogen) atoms. The molecule has 0 heterocycles. The Morgan fingerprint density at radius 2 is 1.85 bits per heavy atom. The molecule has 1 aromatic rings. The fourth-order valence-corrected chi connectivity index (χ4v) is 2.85. The molecule has 1 unspecified atom stereocenters. The average molecular weight is 298 g/mol. The SMILES string of the molecule is CCCSCC(NN)c1ccc(OCC)c(OCC)c1. The third kappa shape index (κ3) is 5.23. The molecule has 0 radical (unpaired) electrons. The molecule has 0 aliphatic rings. The van der Waals surface area contributed by atoms with E-state index in [4.69, 9.17) is 15.3 Å². The van der Waals surface area contributed by atoms with E-state index < -0.39 is 0 Å². The molecule has 114 valence electrons. The molecular formula is C15H26N2O2S. The number of rotatable bonds is 10. The van der Waals surface area contributed by atoms with E-state index in [1.165, 1.54) is 6.42 Å². The first kappa shape index (κ1) is 17.1. The molecule has 0 aliphatic heterocycles. The molecule has 0 aliphatic carbocycles. The molecule has 0 bridgehead atoms. The summed E-state index contributed by atoms with van der Waals surface area (Å²) in [5.74, 6) is 9.34. The number of hydrazine groups is 1. The Bertz CT molecular complexity index is 388. The molecule has 0 amide bonds. The van der Waals surface area contributed by atoms with Crippen molar-refractivity contribution in [3.8, 4) is 11.5 Å². The van der Waals surface area contributed by atoms with E-state index in [1.54, 1.807) is 0 Å². The van der Waals surface area contributed by atoms with Crippen molar-refractivity contribution in [1.29, 1.82) is 0 Å². The monoisotopic (exact) mass is 298 g/mol. The van der Waals surface area contributed by atoms with Crippen LogP contribution in [0.25, 0.3) is 0 Å². The highest BCUT2D eigenvalue weighted by atomic mass is 32.2. The minimum atomic E-state index is 0.126. The van der Waals surface area contributed by atoms with Crippen LogP contribution >= 0.6 is 11.8 Å². The molecule has 5 heteroatoms. The first-order valence-electron chi connectivity index (χ1n) is 7.20. The van der Waals surface area contributed by atoms with Crippen molar-refractivity contribution < 1.29 is 9.47 Å². The van der Waals surface area contributed by atoms with Crippen molar-refractivity contribution in [2.75, 3.05) is 24.7 Å². The molecule has 4 nitrogen and oxygen atoms in total. The van der Waals surface area contributed by atoms with Crippen LogP contribution in [0.5, 0.6) is 11.5 Å². The Kier molecular flexibility index (Phi) is 8.49. The van der Waals surface area contributed by atoms with Gasteiger partial charge in [-0.1, -0.05) is 13.0 Å². The van der Waals surface area contributed by atoms with Gasteiger partial charge < -0.3 is 9.47 Å². The van der Waals surface area contributed by atoms with Gasteiger partial charge in [0.05, 0.1) is 19.3 Å². The molecule has 0 saturated heterocycles. The van der Waals surface area contributed by atoms with Crippen LogP contribution < -0.4 is 20.7 Å². The van der Waals surface area contributed by atoms with Crippen molar-refractivity contribution in [2.24, 2.45) is 5.84 Å². The van der Waals surface area contributed by atoms with E-state index in [2.05, 4.69) is 12.3 Å². The maximum Gasteiger partial charge on any atom is 0.161 e. The molecule has 1 atom stereocenters. The van der Waals surface area contributed by atoms with Crippen molar-refractivity contribution >= 4 is 11.8 Å². The van der Waals surface area contributed by atoms with E-state index in [9.17, 15) is 0 Å². The van der Waals surface area contributed by atoms with Crippen LogP contribution in [0.15, 0.2) is 18.2 Å². The summed E-state index contributed by atoms with van der Waals surface area (Å²) < 4.78 is 11.2. The highest BCUT2D eigenvalue weighted by molar-refractivity contribution is 7.99. The number of nitrogens with one attached hydrogen (secondary N) is 1. The largest absolute Gasteiger partial charge is 0.490 e. The lowest BCUT2D eigenvalue weighted by atomic mass is 10.1. The van der Waals surface area contributed by atoms with Crippen molar-refractivity contribution in [3.63, 3.8) is 0 Å². The Hall–Kier alpha value is -0.910. The van der Waals surface area contributed by atoms with Gasteiger partial charge in [-0.05, 0) is 43.7 Å². The molecule has 0 aromatic heterocycles. The quantitative estimate of drug-likeness (QED) is 0.395. The molecule has 0 spiro atoms. The van der Waals surface area contributed by atoms with Gasteiger partial charge in [-0.2, -0.15) is 11.8 Å². The summed E-state index contributed by atoms with van der Waals surface area (Å²) in [5.41, 5.74) is 4.01. The van der Waals surface area contributed by atoms with Crippen LogP contribution in [0.1, 0.15) is 38.8 Å². The van der Waals surface area contributed by atoms with Crippen LogP contribution in [-0.4, -0.2) is 24.7 Å². The van der Waals surface area contributed by atoms with Crippen LogP contribution in [0.3, 0.4) is 0 Å². The van der Waals surface area contributed by atoms with Crippen LogP contribution in [-0.2, 0) is 0 Å². The summed E-state index contributed by atoms with van der Waals surface area (Å²) in [6, 6.07) is 6.15. The number of hydrogen-bond acceptors (Lipinski definition) is 5. The fraction of sp³-hybridized carbons (Fsp3) is 0.600. The van der Waals surface area contributed by atoms with Gasteiger partial charge in [-0.15, -0.1) is 0 Å². The molecule has 0 saturated carbocycles. The normalized spacial score (nSPS) is 12.2. The smallest absolute Gasteiger partial charge is 0.161 e. The summed E-state index contributed by atoms with van der Waals surface area (Å²) in [6.07, 6.45) is 1.18. The van der Waals surface area contributed by atoms with Crippen molar-refractivity contribution in [2.45, 2.75) is 33.2 Å². The minimum Gasteiger partial charge on any atom is -0.490 e. The Morgan fingerprint density at radius 3 is 2.45 bits per heavy atom. The van der Waals surface area contributed by atoms with Gasteiger partial charge in [0.25, 0.3) is 0 Å². The van der Waals surface area contributed by atoms with Crippen LogP contribution in [0.4, 0.5) is 0 Å². The number of nitrogens with two attached hydrogens (primary N) is 1. The van der Waals surface area contributed by atoms with Crippen LogP contribution in [0.2, 0.25) is 0 Å². The number of ether oxygens (including phenoxy) is 2. The van der Waals surface area contributed by atoms with Gasteiger partial charge in [0.2, 0.25) is 0 Å². The summed E-state index contributed by atoms with van der Waals surface area (Å²) in [6.45, 7) is 7.37. The van der Waals surface area contributed by atoms with E-state index in [0.29, 0.717) is 13.2 Å². The van der Waals surface area contributed by atoms with E-state index in [1.807, 2.05) is 43.8 Å². The maximum absolute atomic E-state index is 5.67. The van der Waals surface area contributed by atoms with Crippen LogP contribution in [0, 0.1) is 0 Å². The summed E-state index contributed by atoms with van der Waals surface area (Å²) in [5, 5.41) is 0. The zero-order chi connectivity index (χ0) is 14.8. The van der Waals surface area contributed by atoms with Gasteiger partial charge in [0.15, 0.2) is 11.5 Å². The maximum atomic E-state index is 5.67. The molecule has 1 aromatic carbocycles. The lowest BCUT2D eigenvalue weighted by Gasteiger charge is -2.18. The third-order valence-electron chi connectivity index (χ3n) is 2.80. The molecule has 1 rings (SSSR count). The predicted octanol–water partition coefficient (Wildman–Crippen LogP) is 3.13. The zero-order valence-corrected chi connectivity index (χ0v) is 13.5. The second-order valence-electron chi connectivity index (χ2n) is 4.37. The Balaban J connectivity index is 2.84. The van der Waals surface area contributed by atoms with Gasteiger partial charge >= 0.3 is 0 Å². The average Bonchev–Trinajstić information content (AvgIpc) is 2.46. The van der Waals surface area contributed by atoms with E-state index in [0.717, 1.165) is 28.6 Å². The standard InChI is InChI=1S/C15H26N2O2S/c1-4-9-20-11-13(17-16)12-7-8-14(18-5-2)15(10-12)19-6-3/h7-8,10,13,17H,4-6,9,11,16H2,1-3H3. The minimum absolute atomic E-state index is 0.126. The van der Waals surface area contributed by atoms with Gasteiger partial charge in [0, 0.05) is 5.75 Å². The number of thioether (sulfide) groups is 1. The topological polar surface area (TPSA) is 56.5 Å². The van der Waals surface area contributed by atoms with Gasteiger partial charge in [0.1, 0.15) is 0 Å².